The Hall–Kier alpha value is -3.02. The van der Waals surface area contributed by atoms with Gasteiger partial charge in [-0.1, -0.05) is 24.3 Å². The van der Waals surface area contributed by atoms with Gasteiger partial charge in [-0.05, 0) is 36.8 Å². The average Bonchev–Trinajstić information content (AvgIpc) is 2.66. The predicted molar refractivity (Wildman–Crippen MR) is 109 cm³/mol. The van der Waals surface area contributed by atoms with Gasteiger partial charge in [0.2, 0.25) is 11.8 Å². The second kappa shape index (κ2) is 8.58. The van der Waals surface area contributed by atoms with Crippen LogP contribution in [0.1, 0.15) is 19.8 Å². The summed E-state index contributed by atoms with van der Waals surface area (Å²) in [4.78, 5) is 27.4. The molecule has 1 aliphatic rings. The molecule has 1 atom stereocenters. The standard InChI is InChI=1S/C21H26N4O2/c1-16(26)23-17-6-5-9-19(14-17)25-13-12-24(18-7-3-2-4-8-18)15-20(25)10-11-21(22)27/h2-9,14,20H,10-13,15H2,1H3,(H2,22,27)(H,23,26). The maximum Gasteiger partial charge on any atom is 0.221 e. The van der Waals surface area contributed by atoms with Crippen molar-refractivity contribution in [1.82, 2.24) is 0 Å². The third kappa shape index (κ3) is 5.00. The average molecular weight is 366 g/mol. The molecule has 6 nitrogen and oxygen atoms in total. The van der Waals surface area contributed by atoms with Crippen molar-refractivity contribution in [3.05, 3.63) is 54.6 Å². The number of hydrogen-bond acceptors (Lipinski definition) is 4. The van der Waals surface area contributed by atoms with Gasteiger partial charge in [0.05, 0.1) is 0 Å². The third-order valence-electron chi connectivity index (χ3n) is 4.83. The van der Waals surface area contributed by atoms with E-state index in [9.17, 15) is 9.59 Å². The van der Waals surface area contributed by atoms with Crippen LogP contribution in [0.25, 0.3) is 0 Å². The molecule has 3 N–H and O–H groups in total. The van der Waals surface area contributed by atoms with Crippen LogP contribution in [0.2, 0.25) is 0 Å². The number of carbonyl (C=O) groups is 2. The van der Waals surface area contributed by atoms with Crippen molar-refractivity contribution in [1.29, 1.82) is 0 Å². The Morgan fingerprint density at radius 2 is 1.81 bits per heavy atom. The van der Waals surface area contributed by atoms with Crippen LogP contribution in [0.15, 0.2) is 54.6 Å². The first-order valence-corrected chi connectivity index (χ1v) is 9.25. The monoisotopic (exact) mass is 366 g/mol. The van der Waals surface area contributed by atoms with Crippen LogP contribution in [0.4, 0.5) is 17.1 Å². The van der Waals surface area contributed by atoms with Crippen molar-refractivity contribution in [2.24, 2.45) is 5.73 Å². The highest BCUT2D eigenvalue weighted by atomic mass is 16.1. The van der Waals surface area contributed by atoms with Crippen molar-refractivity contribution < 1.29 is 9.59 Å². The maximum atomic E-state index is 11.4. The Bertz CT molecular complexity index is 794. The number of para-hydroxylation sites is 1. The number of rotatable bonds is 6. The predicted octanol–water partition coefficient (Wildman–Crippen LogP) is 2.61. The maximum absolute atomic E-state index is 11.4. The Morgan fingerprint density at radius 3 is 2.52 bits per heavy atom. The highest BCUT2D eigenvalue weighted by Gasteiger charge is 2.27. The molecule has 6 heteroatoms. The molecule has 1 fully saturated rings. The molecule has 0 saturated carbocycles. The summed E-state index contributed by atoms with van der Waals surface area (Å²) < 4.78 is 0. The molecule has 142 valence electrons. The molecular formula is C21H26N4O2. The number of hydrogen-bond donors (Lipinski definition) is 2. The van der Waals surface area contributed by atoms with Gasteiger partial charge in [0.1, 0.15) is 0 Å². The normalized spacial score (nSPS) is 16.9. The molecular weight excluding hydrogens is 340 g/mol. The summed E-state index contributed by atoms with van der Waals surface area (Å²) in [7, 11) is 0. The first-order chi connectivity index (χ1) is 13.0. The number of anilines is 3. The third-order valence-corrected chi connectivity index (χ3v) is 4.83. The van der Waals surface area contributed by atoms with Crippen LogP contribution in [0, 0.1) is 0 Å². The minimum Gasteiger partial charge on any atom is -0.370 e. The largest absolute Gasteiger partial charge is 0.370 e. The van der Waals surface area contributed by atoms with E-state index in [4.69, 9.17) is 5.73 Å². The number of benzene rings is 2. The Morgan fingerprint density at radius 1 is 1.07 bits per heavy atom. The highest BCUT2D eigenvalue weighted by molar-refractivity contribution is 5.89. The molecule has 0 spiro atoms. The lowest BCUT2D eigenvalue weighted by Crippen LogP contribution is -2.53. The summed E-state index contributed by atoms with van der Waals surface area (Å²) in [6, 6.07) is 18.3. The van der Waals surface area contributed by atoms with Crippen molar-refractivity contribution in [3.8, 4) is 0 Å². The van der Waals surface area contributed by atoms with Crippen LogP contribution in [-0.2, 0) is 9.59 Å². The molecule has 0 bridgehead atoms. The zero-order chi connectivity index (χ0) is 19.2. The molecule has 1 saturated heterocycles. The lowest BCUT2D eigenvalue weighted by atomic mass is 10.0. The molecule has 1 unspecified atom stereocenters. The van der Waals surface area contributed by atoms with Crippen LogP contribution >= 0.6 is 0 Å². The summed E-state index contributed by atoms with van der Waals surface area (Å²) in [5, 5.41) is 2.83. The number of nitrogens with one attached hydrogen (secondary N) is 1. The second-order valence-corrected chi connectivity index (χ2v) is 6.87. The van der Waals surface area contributed by atoms with Crippen LogP contribution < -0.4 is 20.9 Å². The number of piperazine rings is 1. The molecule has 2 amide bonds. The first kappa shape index (κ1) is 18.8. The van der Waals surface area contributed by atoms with Crippen molar-refractivity contribution in [3.63, 3.8) is 0 Å². The molecule has 0 aromatic heterocycles. The molecule has 2 aromatic carbocycles. The number of carbonyl (C=O) groups excluding carboxylic acids is 2. The van der Waals surface area contributed by atoms with E-state index in [-0.39, 0.29) is 17.9 Å². The van der Waals surface area contributed by atoms with Crippen LogP contribution in [-0.4, -0.2) is 37.5 Å². The molecule has 0 aliphatic carbocycles. The van der Waals surface area contributed by atoms with Crippen molar-refractivity contribution in [2.75, 3.05) is 34.8 Å². The number of primary amides is 1. The van der Waals surface area contributed by atoms with Gasteiger partial charge in [-0.2, -0.15) is 0 Å². The fourth-order valence-corrected chi connectivity index (χ4v) is 3.59. The van der Waals surface area contributed by atoms with Gasteiger partial charge in [0, 0.05) is 56.1 Å². The summed E-state index contributed by atoms with van der Waals surface area (Å²) >= 11 is 0. The van der Waals surface area contributed by atoms with Gasteiger partial charge in [-0.15, -0.1) is 0 Å². The quantitative estimate of drug-likeness (QED) is 0.824. The molecule has 1 aliphatic heterocycles. The van der Waals surface area contributed by atoms with E-state index in [1.165, 1.54) is 12.6 Å². The molecule has 1 heterocycles. The fourth-order valence-electron chi connectivity index (χ4n) is 3.59. The van der Waals surface area contributed by atoms with E-state index in [0.29, 0.717) is 12.8 Å². The Kier molecular flexibility index (Phi) is 5.96. The van der Waals surface area contributed by atoms with Crippen molar-refractivity contribution >= 4 is 28.9 Å². The van der Waals surface area contributed by atoms with E-state index in [2.05, 4.69) is 27.2 Å². The highest BCUT2D eigenvalue weighted by Crippen LogP contribution is 2.28. The van der Waals surface area contributed by atoms with Gasteiger partial charge >= 0.3 is 0 Å². The summed E-state index contributed by atoms with van der Waals surface area (Å²) in [6.45, 7) is 4.05. The van der Waals surface area contributed by atoms with E-state index >= 15 is 0 Å². The Labute approximate surface area is 159 Å². The second-order valence-electron chi connectivity index (χ2n) is 6.87. The number of nitrogens with two attached hydrogens (primary N) is 1. The number of amides is 2. The van der Waals surface area contributed by atoms with Gasteiger partial charge in [-0.3, -0.25) is 9.59 Å². The number of nitrogens with zero attached hydrogens (tertiary/aromatic N) is 2. The first-order valence-electron chi connectivity index (χ1n) is 9.25. The lowest BCUT2D eigenvalue weighted by Gasteiger charge is -2.44. The van der Waals surface area contributed by atoms with E-state index in [1.807, 2.05) is 42.5 Å². The zero-order valence-electron chi connectivity index (χ0n) is 15.6. The minimum atomic E-state index is -0.279. The summed E-state index contributed by atoms with van der Waals surface area (Å²) in [5.41, 5.74) is 8.41. The lowest BCUT2D eigenvalue weighted by molar-refractivity contribution is -0.118. The van der Waals surface area contributed by atoms with Crippen LogP contribution in [0.3, 0.4) is 0 Å². The van der Waals surface area contributed by atoms with Gasteiger partial charge < -0.3 is 20.9 Å². The van der Waals surface area contributed by atoms with Crippen molar-refractivity contribution in [2.45, 2.75) is 25.8 Å². The molecule has 3 rings (SSSR count). The van der Waals surface area contributed by atoms with E-state index in [1.54, 1.807) is 0 Å². The minimum absolute atomic E-state index is 0.0914. The molecule has 2 aromatic rings. The SMILES string of the molecule is CC(=O)Nc1cccc(N2CCN(c3ccccc3)CC2CCC(N)=O)c1. The fraction of sp³-hybridized carbons (Fsp3) is 0.333. The molecule has 0 radical (unpaired) electrons. The molecule has 27 heavy (non-hydrogen) atoms. The van der Waals surface area contributed by atoms with Gasteiger partial charge in [-0.25, -0.2) is 0 Å². The topological polar surface area (TPSA) is 78.7 Å². The van der Waals surface area contributed by atoms with Gasteiger partial charge in [0.25, 0.3) is 0 Å². The van der Waals surface area contributed by atoms with E-state index < -0.39 is 0 Å². The van der Waals surface area contributed by atoms with E-state index in [0.717, 1.165) is 31.0 Å². The summed E-state index contributed by atoms with van der Waals surface area (Å²) in [5.74, 6) is -0.370. The van der Waals surface area contributed by atoms with Crippen LogP contribution in [0.5, 0.6) is 0 Å². The summed E-state index contributed by atoms with van der Waals surface area (Å²) in [6.07, 6.45) is 1.05. The van der Waals surface area contributed by atoms with Gasteiger partial charge in [0.15, 0.2) is 0 Å². The zero-order valence-corrected chi connectivity index (χ0v) is 15.6. The Balaban J connectivity index is 1.80. The smallest absolute Gasteiger partial charge is 0.221 e.